The Kier molecular flexibility index (Phi) is 3.11. The minimum atomic E-state index is -0.396. The molecule has 1 N–H and O–H groups in total. The first-order valence-corrected chi connectivity index (χ1v) is 5.74. The number of β-amino-alcohol motifs (C(OH)–C–C–N with tert-alkyl or cyclic N) is 1. The van der Waals surface area contributed by atoms with Crippen molar-refractivity contribution in [2.75, 3.05) is 18.0 Å². The van der Waals surface area contributed by atoms with Crippen molar-refractivity contribution in [2.24, 2.45) is 0 Å². The Morgan fingerprint density at radius 1 is 1.56 bits per heavy atom. The van der Waals surface area contributed by atoms with E-state index in [0.29, 0.717) is 25.2 Å². The van der Waals surface area contributed by atoms with Gasteiger partial charge in [0, 0.05) is 23.6 Å². The first-order valence-electron chi connectivity index (χ1n) is 4.95. The summed E-state index contributed by atoms with van der Waals surface area (Å²) in [5.74, 6) is 0. The summed E-state index contributed by atoms with van der Waals surface area (Å²) in [5, 5.41) is 20.3. The Balaban J connectivity index is 2.37. The summed E-state index contributed by atoms with van der Waals surface area (Å²) >= 11 is 3.30. The number of hydrogen-bond donors (Lipinski definition) is 1. The van der Waals surface area contributed by atoms with Gasteiger partial charge >= 0.3 is 0 Å². The Morgan fingerprint density at radius 3 is 2.88 bits per heavy atom. The summed E-state index contributed by atoms with van der Waals surface area (Å²) in [6, 6.07) is 4.84. The number of aliphatic hydroxyl groups excluding tert-OH is 1. The molecule has 0 bridgehead atoms. The Labute approximate surface area is 101 Å². The van der Waals surface area contributed by atoms with Crippen molar-refractivity contribution in [1.29, 1.82) is 0 Å². The maximum atomic E-state index is 10.9. The van der Waals surface area contributed by atoms with E-state index in [-0.39, 0.29) is 5.69 Å². The molecule has 1 aliphatic rings. The van der Waals surface area contributed by atoms with Gasteiger partial charge in [0.25, 0.3) is 5.69 Å². The van der Waals surface area contributed by atoms with Gasteiger partial charge in [0.1, 0.15) is 5.69 Å². The van der Waals surface area contributed by atoms with Crippen molar-refractivity contribution < 1.29 is 10.0 Å². The van der Waals surface area contributed by atoms with Gasteiger partial charge in [-0.15, -0.1) is 0 Å². The third-order valence-corrected chi connectivity index (χ3v) is 3.13. The van der Waals surface area contributed by atoms with Crippen LogP contribution in [0.25, 0.3) is 0 Å². The Morgan fingerprint density at radius 2 is 2.31 bits per heavy atom. The van der Waals surface area contributed by atoms with Crippen LogP contribution in [0.1, 0.15) is 6.42 Å². The maximum Gasteiger partial charge on any atom is 0.292 e. The van der Waals surface area contributed by atoms with Crippen molar-refractivity contribution in [1.82, 2.24) is 0 Å². The number of benzene rings is 1. The van der Waals surface area contributed by atoms with Crippen molar-refractivity contribution in [2.45, 2.75) is 12.5 Å². The predicted molar refractivity (Wildman–Crippen MR) is 63.6 cm³/mol. The number of hydrogen-bond acceptors (Lipinski definition) is 4. The van der Waals surface area contributed by atoms with E-state index in [1.54, 1.807) is 12.1 Å². The minimum absolute atomic E-state index is 0.0808. The van der Waals surface area contributed by atoms with E-state index in [2.05, 4.69) is 15.9 Å². The molecule has 1 atom stereocenters. The van der Waals surface area contributed by atoms with Crippen LogP contribution in [0.4, 0.5) is 11.4 Å². The first-order chi connectivity index (χ1) is 7.58. The second-order valence-corrected chi connectivity index (χ2v) is 4.69. The van der Waals surface area contributed by atoms with Crippen LogP contribution < -0.4 is 4.90 Å². The number of nitro groups is 1. The molecule has 0 amide bonds. The summed E-state index contributed by atoms with van der Waals surface area (Å²) in [4.78, 5) is 12.3. The normalized spacial score (nSPS) is 20.1. The fraction of sp³-hybridized carbons (Fsp3) is 0.400. The van der Waals surface area contributed by atoms with Crippen LogP contribution in [0.5, 0.6) is 0 Å². The molecule has 1 aliphatic heterocycles. The smallest absolute Gasteiger partial charge is 0.292 e. The summed E-state index contributed by atoms with van der Waals surface area (Å²) in [6.45, 7) is 1.11. The van der Waals surface area contributed by atoms with Crippen molar-refractivity contribution >= 4 is 27.3 Å². The highest BCUT2D eigenvalue weighted by Crippen LogP contribution is 2.33. The predicted octanol–water partition coefficient (Wildman–Crippen LogP) is 1.93. The number of rotatable bonds is 2. The molecular weight excluding hydrogens is 276 g/mol. The van der Waals surface area contributed by atoms with Crippen molar-refractivity contribution in [3.05, 3.63) is 32.8 Å². The fourth-order valence-electron chi connectivity index (χ4n) is 1.86. The highest BCUT2D eigenvalue weighted by Gasteiger charge is 2.26. The lowest BCUT2D eigenvalue weighted by Gasteiger charge is -2.17. The molecule has 1 aromatic rings. The SMILES string of the molecule is O=[N+]([O-])c1ccc(Br)cc1N1CC[C@H](O)C1. The average Bonchev–Trinajstić information content (AvgIpc) is 2.64. The van der Waals surface area contributed by atoms with Gasteiger partial charge in [0.15, 0.2) is 0 Å². The molecule has 1 saturated heterocycles. The molecule has 0 aliphatic carbocycles. The summed E-state index contributed by atoms with van der Waals surface area (Å²) < 4.78 is 0.800. The summed E-state index contributed by atoms with van der Waals surface area (Å²) in [5.41, 5.74) is 0.647. The van der Waals surface area contributed by atoms with Gasteiger partial charge in [0.2, 0.25) is 0 Å². The Hall–Kier alpha value is -1.14. The molecule has 0 radical (unpaired) electrons. The van der Waals surface area contributed by atoms with Crippen molar-refractivity contribution in [3.63, 3.8) is 0 Å². The topological polar surface area (TPSA) is 66.6 Å². The number of aliphatic hydroxyl groups is 1. The molecule has 1 heterocycles. The zero-order valence-corrected chi connectivity index (χ0v) is 10.1. The molecule has 0 aromatic heterocycles. The van der Waals surface area contributed by atoms with E-state index in [4.69, 9.17) is 0 Å². The van der Waals surface area contributed by atoms with E-state index in [0.717, 1.165) is 4.47 Å². The molecule has 86 valence electrons. The first kappa shape index (κ1) is 11.3. The van der Waals surface area contributed by atoms with Crippen LogP contribution in [0.2, 0.25) is 0 Å². The van der Waals surface area contributed by atoms with Crippen LogP contribution in [-0.4, -0.2) is 29.2 Å². The van der Waals surface area contributed by atoms with Gasteiger partial charge in [-0.2, -0.15) is 0 Å². The highest BCUT2D eigenvalue weighted by atomic mass is 79.9. The molecule has 1 aromatic carbocycles. The van der Waals surface area contributed by atoms with Gasteiger partial charge in [-0.25, -0.2) is 0 Å². The van der Waals surface area contributed by atoms with Crippen LogP contribution in [0.3, 0.4) is 0 Å². The third-order valence-electron chi connectivity index (χ3n) is 2.64. The van der Waals surface area contributed by atoms with Crippen LogP contribution in [0.15, 0.2) is 22.7 Å². The number of nitro benzene ring substituents is 1. The fourth-order valence-corrected chi connectivity index (χ4v) is 2.21. The van der Waals surface area contributed by atoms with E-state index < -0.39 is 11.0 Å². The molecule has 16 heavy (non-hydrogen) atoms. The lowest BCUT2D eigenvalue weighted by molar-refractivity contribution is -0.384. The molecule has 6 heteroatoms. The number of anilines is 1. The van der Waals surface area contributed by atoms with Gasteiger partial charge in [0.05, 0.1) is 11.0 Å². The Bertz CT molecular complexity index is 425. The average molecular weight is 287 g/mol. The van der Waals surface area contributed by atoms with E-state index in [9.17, 15) is 15.2 Å². The van der Waals surface area contributed by atoms with Gasteiger partial charge < -0.3 is 10.0 Å². The molecule has 1 fully saturated rings. The van der Waals surface area contributed by atoms with E-state index in [1.807, 2.05) is 4.90 Å². The number of nitrogens with zero attached hydrogens (tertiary/aromatic N) is 2. The molecule has 0 unspecified atom stereocenters. The third kappa shape index (κ3) is 2.17. The van der Waals surface area contributed by atoms with E-state index in [1.165, 1.54) is 6.07 Å². The molecule has 0 spiro atoms. The second kappa shape index (κ2) is 4.39. The summed E-state index contributed by atoms with van der Waals surface area (Å²) in [7, 11) is 0. The monoisotopic (exact) mass is 286 g/mol. The summed E-state index contributed by atoms with van der Waals surface area (Å²) in [6.07, 6.45) is 0.266. The van der Waals surface area contributed by atoms with Crippen molar-refractivity contribution in [3.8, 4) is 0 Å². The molecule has 0 saturated carbocycles. The highest BCUT2D eigenvalue weighted by molar-refractivity contribution is 9.10. The maximum absolute atomic E-state index is 10.9. The lowest BCUT2D eigenvalue weighted by atomic mass is 10.2. The van der Waals surface area contributed by atoms with Crippen LogP contribution in [0, 0.1) is 10.1 Å². The second-order valence-electron chi connectivity index (χ2n) is 3.78. The van der Waals surface area contributed by atoms with Crippen LogP contribution >= 0.6 is 15.9 Å². The van der Waals surface area contributed by atoms with Gasteiger partial charge in [-0.3, -0.25) is 10.1 Å². The minimum Gasteiger partial charge on any atom is -0.391 e. The van der Waals surface area contributed by atoms with Gasteiger partial charge in [-0.05, 0) is 18.6 Å². The van der Waals surface area contributed by atoms with Gasteiger partial charge in [-0.1, -0.05) is 15.9 Å². The molecule has 5 nitrogen and oxygen atoms in total. The molecule has 2 rings (SSSR count). The largest absolute Gasteiger partial charge is 0.391 e. The van der Waals surface area contributed by atoms with E-state index >= 15 is 0 Å². The lowest BCUT2D eigenvalue weighted by Crippen LogP contribution is -2.22. The van der Waals surface area contributed by atoms with Crippen LogP contribution in [-0.2, 0) is 0 Å². The standard InChI is InChI=1S/C10H11BrN2O3/c11-7-1-2-9(13(15)16)10(5-7)12-4-3-8(14)6-12/h1-2,5,8,14H,3-4,6H2/t8-/m0/s1. The quantitative estimate of drug-likeness (QED) is 0.666. The zero-order valence-electron chi connectivity index (χ0n) is 8.47. The zero-order chi connectivity index (χ0) is 11.7. The number of halogens is 1. The molecular formula is C10H11BrN2O3.